The summed E-state index contributed by atoms with van der Waals surface area (Å²) >= 11 is 8.86. The summed E-state index contributed by atoms with van der Waals surface area (Å²) in [5, 5.41) is 11.3. The molecule has 0 spiro atoms. The first-order valence-corrected chi connectivity index (χ1v) is 8.03. The van der Waals surface area contributed by atoms with Crippen LogP contribution in [0.5, 0.6) is 0 Å². The Morgan fingerprint density at radius 3 is 2.81 bits per heavy atom. The normalized spacial score (nSPS) is 10.5. The highest BCUT2D eigenvalue weighted by Crippen LogP contribution is 2.17. The summed E-state index contributed by atoms with van der Waals surface area (Å²) in [6, 6.07) is 6.25. The van der Waals surface area contributed by atoms with Crippen molar-refractivity contribution in [1.82, 2.24) is 15.1 Å². The van der Waals surface area contributed by atoms with Crippen molar-refractivity contribution in [2.75, 3.05) is 5.32 Å². The van der Waals surface area contributed by atoms with Crippen molar-refractivity contribution < 1.29 is 0 Å². The molecule has 4 nitrogen and oxygen atoms in total. The van der Waals surface area contributed by atoms with Crippen LogP contribution < -0.4 is 10.6 Å². The second kappa shape index (κ2) is 7.04. The third-order valence-corrected chi connectivity index (χ3v) is 4.15. The van der Waals surface area contributed by atoms with E-state index in [4.69, 9.17) is 12.2 Å². The van der Waals surface area contributed by atoms with Gasteiger partial charge in [0.1, 0.15) is 0 Å². The number of hydrogen-bond donors (Lipinski definition) is 2. The van der Waals surface area contributed by atoms with Gasteiger partial charge in [-0.25, -0.2) is 0 Å². The highest BCUT2D eigenvalue weighted by atomic mass is 79.9. The highest BCUT2D eigenvalue weighted by Gasteiger charge is 2.08. The molecule has 1 aromatic heterocycles. The molecule has 0 fully saturated rings. The third kappa shape index (κ3) is 4.04. The SMILES string of the molecule is CCn1ncc(Br)c1CNC(=S)Nc1ccc(C)cc1C. The Kier molecular flexibility index (Phi) is 5.36. The maximum atomic E-state index is 5.36. The molecule has 0 radical (unpaired) electrons. The number of anilines is 1. The Labute approximate surface area is 139 Å². The van der Waals surface area contributed by atoms with Crippen LogP contribution in [0, 0.1) is 13.8 Å². The van der Waals surface area contributed by atoms with Crippen LogP contribution in [-0.4, -0.2) is 14.9 Å². The molecule has 2 aromatic rings. The smallest absolute Gasteiger partial charge is 0.171 e. The molecular formula is C15H19BrN4S. The zero-order valence-electron chi connectivity index (χ0n) is 12.4. The van der Waals surface area contributed by atoms with Crippen LogP contribution in [0.2, 0.25) is 0 Å². The number of benzene rings is 1. The van der Waals surface area contributed by atoms with E-state index in [1.165, 1.54) is 11.1 Å². The fourth-order valence-electron chi connectivity index (χ4n) is 2.12. The van der Waals surface area contributed by atoms with Crippen molar-refractivity contribution in [3.63, 3.8) is 0 Å². The van der Waals surface area contributed by atoms with E-state index >= 15 is 0 Å². The summed E-state index contributed by atoms with van der Waals surface area (Å²) in [6.45, 7) is 7.68. The van der Waals surface area contributed by atoms with E-state index in [1.807, 2.05) is 10.7 Å². The molecule has 0 saturated carbocycles. The van der Waals surface area contributed by atoms with Crippen molar-refractivity contribution in [2.24, 2.45) is 0 Å². The van der Waals surface area contributed by atoms with Gasteiger partial charge < -0.3 is 10.6 Å². The molecule has 0 aliphatic heterocycles. The number of hydrogen-bond acceptors (Lipinski definition) is 2. The van der Waals surface area contributed by atoms with Gasteiger partial charge in [-0.05, 0) is 60.5 Å². The summed E-state index contributed by atoms with van der Waals surface area (Å²) in [6.07, 6.45) is 1.81. The van der Waals surface area contributed by atoms with Crippen LogP contribution in [-0.2, 0) is 13.1 Å². The van der Waals surface area contributed by atoms with E-state index in [2.05, 4.69) is 64.6 Å². The van der Waals surface area contributed by atoms with Crippen LogP contribution in [0.1, 0.15) is 23.7 Å². The molecule has 1 heterocycles. The van der Waals surface area contributed by atoms with Gasteiger partial charge >= 0.3 is 0 Å². The Morgan fingerprint density at radius 1 is 1.38 bits per heavy atom. The van der Waals surface area contributed by atoms with Crippen molar-refractivity contribution >= 4 is 38.9 Å². The lowest BCUT2D eigenvalue weighted by Crippen LogP contribution is -2.29. The summed E-state index contributed by atoms with van der Waals surface area (Å²) in [5.74, 6) is 0. The molecule has 21 heavy (non-hydrogen) atoms. The van der Waals surface area contributed by atoms with Crippen molar-refractivity contribution in [3.8, 4) is 0 Å². The fourth-order valence-corrected chi connectivity index (χ4v) is 2.74. The first-order chi connectivity index (χ1) is 10.0. The molecule has 0 saturated heterocycles. The minimum atomic E-state index is 0.609. The number of rotatable bonds is 4. The lowest BCUT2D eigenvalue weighted by Gasteiger charge is -2.13. The quantitative estimate of drug-likeness (QED) is 0.808. The van der Waals surface area contributed by atoms with Gasteiger partial charge in [-0.1, -0.05) is 17.7 Å². The lowest BCUT2D eigenvalue weighted by atomic mass is 10.1. The second-order valence-electron chi connectivity index (χ2n) is 4.88. The van der Waals surface area contributed by atoms with Crippen molar-refractivity contribution in [1.29, 1.82) is 0 Å². The van der Waals surface area contributed by atoms with E-state index < -0.39 is 0 Å². The van der Waals surface area contributed by atoms with Crippen molar-refractivity contribution in [3.05, 3.63) is 45.7 Å². The van der Waals surface area contributed by atoms with Crippen LogP contribution >= 0.6 is 28.1 Å². The Bertz CT molecular complexity index is 651. The molecule has 2 N–H and O–H groups in total. The predicted molar refractivity (Wildman–Crippen MR) is 94.6 cm³/mol. The Morgan fingerprint density at radius 2 is 2.14 bits per heavy atom. The first-order valence-electron chi connectivity index (χ1n) is 6.83. The molecule has 1 aromatic carbocycles. The lowest BCUT2D eigenvalue weighted by molar-refractivity contribution is 0.613. The van der Waals surface area contributed by atoms with E-state index in [1.54, 1.807) is 6.20 Å². The molecule has 0 aliphatic carbocycles. The number of nitrogens with one attached hydrogen (secondary N) is 2. The van der Waals surface area contributed by atoms with Crippen LogP contribution in [0.3, 0.4) is 0 Å². The minimum Gasteiger partial charge on any atom is -0.357 e. The van der Waals surface area contributed by atoms with Crippen LogP contribution in [0.25, 0.3) is 0 Å². The average molecular weight is 367 g/mol. The molecule has 0 atom stereocenters. The fraction of sp³-hybridized carbons (Fsp3) is 0.333. The number of aromatic nitrogens is 2. The zero-order chi connectivity index (χ0) is 15.4. The molecule has 0 bridgehead atoms. The zero-order valence-corrected chi connectivity index (χ0v) is 14.8. The second-order valence-corrected chi connectivity index (χ2v) is 6.14. The largest absolute Gasteiger partial charge is 0.357 e. The van der Waals surface area contributed by atoms with E-state index in [-0.39, 0.29) is 0 Å². The van der Waals surface area contributed by atoms with Gasteiger partial charge in [-0.3, -0.25) is 4.68 Å². The molecule has 112 valence electrons. The number of halogens is 1. The minimum absolute atomic E-state index is 0.609. The van der Waals surface area contributed by atoms with E-state index in [9.17, 15) is 0 Å². The first kappa shape index (κ1) is 16.0. The van der Waals surface area contributed by atoms with Gasteiger partial charge in [0.25, 0.3) is 0 Å². The molecule has 2 rings (SSSR count). The third-order valence-electron chi connectivity index (χ3n) is 3.24. The molecule has 0 amide bonds. The van der Waals surface area contributed by atoms with E-state index in [0.29, 0.717) is 11.7 Å². The number of aryl methyl sites for hydroxylation is 3. The van der Waals surface area contributed by atoms with E-state index in [0.717, 1.165) is 22.4 Å². The summed E-state index contributed by atoms with van der Waals surface area (Å²) < 4.78 is 2.93. The monoisotopic (exact) mass is 366 g/mol. The standard InChI is InChI=1S/C15H19BrN4S/c1-4-20-14(12(16)8-18-20)9-17-15(21)19-13-6-5-10(2)7-11(13)3/h5-8H,4,9H2,1-3H3,(H2,17,19,21). The predicted octanol–water partition coefficient (Wildman–Crippen LogP) is 3.77. The van der Waals surface area contributed by atoms with Gasteiger partial charge in [-0.15, -0.1) is 0 Å². The molecule has 6 heteroatoms. The molecular weight excluding hydrogens is 348 g/mol. The maximum absolute atomic E-state index is 5.36. The maximum Gasteiger partial charge on any atom is 0.171 e. The van der Waals surface area contributed by atoms with Gasteiger partial charge in [0.2, 0.25) is 0 Å². The van der Waals surface area contributed by atoms with Gasteiger partial charge in [0, 0.05) is 12.2 Å². The van der Waals surface area contributed by atoms with Crippen LogP contribution in [0.4, 0.5) is 5.69 Å². The van der Waals surface area contributed by atoms with Crippen LogP contribution in [0.15, 0.2) is 28.9 Å². The summed E-state index contributed by atoms with van der Waals surface area (Å²) in [4.78, 5) is 0. The average Bonchev–Trinajstić information content (AvgIpc) is 2.80. The summed E-state index contributed by atoms with van der Waals surface area (Å²) in [5.41, 5.74) is 4.54. The molecule has 0 aliphatic rings. The van der Waals surface area contributed by atoms with Gasteiger partial charge in [-0.2, -0.15) is 5.10 Å². The topological polar surface area (TPSA) is 41.9 Å². The highest BCUT2D eigenvalue weighted by molar-refractivity contribution is 9.10. The molecule has 0 unspecified atom stereocenters. The summed E-state index contributed by atoms with van der Waals surface area (Å²) in [7, 11) is 0. The number of nitrogens with zero attached hydrogens (tertiary/aromatic N) is 2. The Balaban J connectivity index is 1.97. The van der Waals surface area contributed by atoms with Gasteiger partial charge in [0.05, 0.1) is 22.9 Å². The Hall–Kier alpha value is -1.40. The number of thiocarbonyl (C=S) groups is 1. The van der Waals surface area contributed by atoms with Gasteiger partial charge in [0.15, 0.2) is 5.11 Å². The van der Waals surface area contributed by atoms with Crippen molar-refractivity contribution in [2.45, 2.75) is 33.9 Å².